The topological polar surface area (TPSA) is 37.3 Å². The molecule has 0 atom stereocenters. The van der Waals surface area contributed by atoms with Crippen LogP contribution in [-0.2, 0) is 4.57 Å². The van der Waals surface area contributed by atoms with Crippen LogP contribution < -0.4 is 2.81 Å². The summed E-state index contributed by atoms with van der Waals surface area (Å²) in [6, 6.07) is 8.51. The fourth-order valence-corrected chi connectivity index (χ4v) is 1.02. The first-order valence-electron chi connectivity index (χ1n) is 3.21. The van der Waals surface area contributed by atoms with E-state index in [4.69, 9.17) is 9.46 Å². The molecule has 0 unspecified atom stereocenters. The van der Waals surface area contributed by atoms with E-state index >= 15 is 0 Å². The van der Waals surface area contributed by atoms with Gasteiger partial charge in [-0.15, -0.1) is 0 Å². The van der Waals surface area contributed by atoms with E-state index in [2.05, 4.69) is 31.2 Å². The Kier molecular flexibility index (Phi) is 7.13. The van der Waals surface area contributed by atoms with Crippen molar-refractivity contribution in [1.29, 1.82) is 0 Å². The van der Waals surface area contributed by atoms with Crippen molar-refractivity contribution in [2.75, 3.05) is 0 Å². The molecule has 1 N–H and O–H groups in total. The normalized spacial score (nSPS) is 8.73. The van der Waals surface area contributed by atoms with Crippen LogP contribution in [0.2, 0.25) is 0 Å². The molecule has 0 aliphatic carbocycles. The van der Waals surface area contributed by atoms with Gasteiger partial charge in [0, 0.05) is 0 Å². The van der Waals surface area contributed by atoms with E-state index in [1.165, 1.54) is 36.3 Å². The number of aryl methyl sites for hydroxylation is 1. The third kappa shape index (κ3) is 5.54. The Hall–Kier alpha value is 0.280. The molecule has 1 aromatic rings. The van der Waals surface area contributed by atoms with Gasteiger partial charge in [-0.3, -0.25) is 0 Å². The molecule has 0 aliphatic heterocycles. The number of benzene rings is 1. The van der Waals surface area contributed by atoms with Gasteiger partial charge in [0.25, 0.3) is 0 Å². The van der Waals surface area contributed by atoms with Crippen molar-refractivity contribution in [2.24, 2.45) is 0 Å². The van der Waals surface area contributed by atoms with E-state index in [0.717, 1.165) is 0 Å². The second kappa shape index (κ2) is 6.96. The standard InChI is InChI=1S/C7H7.Na.HO2P/c1-7-5-3-2-4-6-7;;1-3-2/h2-5H,1H3;;(H,1,2). The van der Waals surface area contributed by atoms with Crippen LogP contribution in [0.4, 0.5) is 0 Å². The molecule has 2 nitrogen and oxygen atoms in total. The SMILES string of the molecule is Cc1cccc[c]1[Na].O=PO. The van der Waals surface area contributed by atoms with Crippen molar-refractivity contribution in [3.63, 3.8) is 0 Å². The van der Waals surface area contributed by atoms with Crippen LogP contribution in [-0.4, -0.2) is 32.8 Å². The third-order valence-corrected chi connectivity index (χ3v) is 2.55. The molecule has 0 spiro atoms. The Morgan fingerprint density at radius 3 is 2.18 bits per heavy atom. The predicted molar refractivity (Wildman–Crippen MR) is 46.4 cm³/mol. The molecule has 1 rings (SSSR count). The molecule has 0 fully saturated rings. The van der Waals surface area contributed by atoms with E-state index in [1.54, 1.807) is 0 Å². The van der Waals surface area contributed by atoms with E-state index in [9.17, 15) is 0 Å². The Labute approximate surface area is 85.3 Å². The molecular weight excluding hydrogens is 170 g/mol. The number of rotatable bonds is 0. The van der Waals surface area contributed by atoms with Crippen molar-refractivity contribution in [1.82, 2.24) is 0 Å². The predicted octanol–water partition coefficient (Wildman–Crippen LogP) is 0.974. The Morgan fingerprint density at radius 1 is 1.45 bits per heavy atom. The summed E-state index contributed by atoms with van der Waals surface area (Å²) < 4.78 is 9.97. The summed E-state index contributed by atoms with van der Waals surface area (Å²) in [7, 11) is -0.833. The minimum Gasteiger partial charge on any atom is -0.310 e. The van der Waals surface area contributed by atoms with Gasteiger partial charge in [0.15, 0.2) is 0 Å². The molecular formula is C7H8NaO2P. The summed E-state index contributed by atoms with van der Waals surface area (Å²) in [5.74, 6) is 0. The van der Waals surface area contributed by atoms with Gasteiger partial charge in [-0.05, 0) is 0 Å². The monoisotopic (exact) mass is 178 g/mol. The van der Waals surface area contributed by atoms with Crippen molar-refractivity contribution >= 4 is 39.4 Å². The summed E-state index contributed by atoms with van der Waals surface area (Å²) in [6.07, 6.45) is 0. The molecule has 54 valence electrons. The second-order valence-corrected chi connectivity index (χ2v) is 3.41. The Morgan fingerprint density at radius 2 is 1.91 bits per heavy atom. The maximum absolute atomic E-state index is 8.46. The zero-order chi connectivity index (χ0) is 8.69. The zero-order valence-electron chi connectivity index (χ0n) is 6.61. The first kappa shape index (κ1) is 11.3. The third-order valence-electron chi connectivity index (χ3n) is 1.43. The summed E-state index contributed by atoms with van der Waals surface area (Å²) in [5, 5.41) is 0. The zero-order valence-corrected chi connectivity index (χ0v) is 9.51. The Balaban J connectivity index is 0.000000292. The average Bonchev–Trinajstić information content (AvgIpc) is 1.97. The summed E-state index contributed by atoms with van der Waals surface area (Å²) in [5.41, 5.74) is 1.43. The molecule has 1 aromatic carbocycles. The molecule has 0 bridgehead atoms. The van der Waals surface area contributed by atoms with Crippen LogP contribution in [0.5, 0.6) is 0 Å². The van der Waals surface area contributed by atoms with Gasteiger partial charge in [0.1, 0.15) is 0 Å². The summed E-state index contributed by atoms with van der Waals surface area (Å²) in [6.45, 7) is 2.16. The first-order valence-corrected chi connectivity index (χ1v) is 4.98. The van der Waals surface area contributed by atoms with Gasteiger partial charge in [-0.25, -0.2) is 4.57 Å². The maximum Gasteiger partial charge on any atom is 0.324 e. The summed E-state index contributed by atoms with van der Waals surface area (Å²) >= 11 is 1.18. The van der Waals surface area contributed by atoms with Gasteiger partial charge in [0.2, 0.25) is 0 Å². The van der Waals surface area contributed by atoms with Crippen molar-refractivity contribution in [3.05, 3.63) is 29.8 Å². The van der Waals surface area contributed by atoms with Crippen LogP contribution in [0, 0.1) is 6.92 Å². The van der Waals surface area contributed by atoms with Gasteiger partial charge >= 0.3 is 76.2 Å². The van der Waals surface area contributed by atoms with Crippen molar-refractivity contribution < 1.29 is 9.46 Å². The molecule has 0 amide bonds. The maximum atomic E-state index is 8.46. The van der Waals surface area contributed by atoms with Gasteiger partial charge in [0.05, 0.1) is 0 Å². The molecule has 0 radical (unpaired) electrons. The largest absolute Gasteiger partial charge is 0.324 e. The van der Waals surface area contributed by atoms with Gasteiger partial charge in [-0.1, -0.05) is 0 Å². The molecule has 0 aromatic heterocycles. The molecule has 0 aliphatic rings. The van der Waals surface area contributed by atoms with Crippen LogP contribution in [0.3, 0.4) is 0 Å². The fourth-order valence-electron chi connectivity index (χ4n) is 0.663. The Bertz CT molecular complexity index is 206. The van der Waals surface area contributed by atoms with Crippen LogP contribution >= 0.6 is 8.69 Å². The van der Waals surface area contributed by atoms with E-state index in [1.807, 2.05) is 0 Å². The quantitative estimate of drug-likeness (QED) is 0.474. The minimum absolute atomic E-state index is 0.833. The van der Waals surface area contributed by atoms with Crippen LogP contribution in [0.25, 0.3) is 0 Å². The van der Waals surface area contributed by atoms with Gasteiger partial charge < -0.3 is 4.89 Å². The molecule has 11 heavy (non-hydrogen) atoms. The van der Waals surface area contributed by atoms with Crippen LogP contribution in [0.15, 0.2) is 24.3 Å². The smallest absolute Gasteiger partial charge is 0.310 e. The van der Waals surface area contributed by atoms with Crippen molar-refractivity contribution in [3.8, 4) is 0 Å². The average molecular weight is 178 g/mol. The minimum atomic E-state index is -0.833. The van der Waals surface area contributed by atoms with Crippen LogP contribution in [0.1, 0.15) is 5.56 Å². The van der Waals surface area contributed by atoms with Crippen molar-refractivity contribution in [2.45, 2.75) is 6.92 Å². The molecule has 4 heteroatoms. The number of hydrogen-bond acceptors (Lipinski definition) is 1. The van der Waals surface area contributed by atoms with Gasteiger partial charge in [-0.2, -0.15) is 0 Å². The summed E-state index contributed by atoms with van der Waals surface area (Å²) in [4.78, 5) is 6.99. The molecule has 0 saturated heterocycles. The first-order chi connectivity index (χ1) is 5.22. The van der Waals surface area contributed by atoms with E-state index in [0.29, 0.717) is 0 Å². The van der Waals surface area contributed by atoms with E-state index in [-0.39, 0.29) is 0 Å². The number of hydrogen-bond donors (Lipinski definition) is 1. The molecule has 0 heterocycles. The van der Waals surface area contributed by atoms with E-state index < -0.39 is 8.69 Å². The fraction of sp³-hybridized carbons (Fsp3) is 0.143. The molecule has 0 saturated carbocycles. The second-order valence-electron chi connectivity index (χ2n) is 2.17.